The summed E-state index contributed by atoms with van der Waals surface area (Å²) in [7, 11) is 1.87. The molecule has 96 valence electrons. The number of aryl methyl sites for hydroxylation is 2. The molecule has 1 N–H and O–H groups in total. The Morgan fingerprint density at radius 2 is 2.39 bits per heavy atom. The van der Waals surface area contributed by atoms with E-state index in [2.05, 4.69) is 26.3 Å². The van der Waals surface area contributed by atoms with Gasteiger partial charge in [0.1, 0.15) is 0 Å². The summed E-state index contributed by atoms with van der Waals surface area (Å²) in [5.41, 5.74) is 2.54. The number of halogens is 1. The van der Waals surface area contributed by atoms with Crippen molar-refractivity contribution in [2.75, 3.05) is 0 Å². The number of carbonyl (C=O) groups is 1. The lowest BCUT2D eigenvalue weighted by molar-refractivity contribution is 0.0949. The fourth-order valence-corrected chi connectivity index (χ4v) is 2.18. The Hall–Kier alpha value is -1.56. The topological polar surface area (TPSA) is 60.1 Å². The first-order valence-corrected chi connectivity index (χ1v) is 6.43. The molecule has 0 spiro atoms. The number of aromatic nitrogens is 2. The molecule has 0 unspecified atom stereocenters. The van der Waals surface area contributed by atoms with E-state index in [-0.39, 0.29) is 5.91 Å². The van der Waals surface area contributed by atoms with Gasteiger partial charge in [0, 0.05) is 25.4 Å². The molecule has 0 aromatic carbocycles. The first-order valence-electron chi connectivity index (χ1n) is 5.64. The largest absolute Gasteiger partial charge is 0.457 e. The Balaban J connectivity index is 2.03. The number of carbonyl (C=O) groups excluding carboxylic acids is 1. The van der Waals surface area contributed by atoms with E-state index >= 15 is 0 Å². The number of amides is 1. The van der Waals surface area contributed by atoms with Crippen LogP contribution < -0.4 is 5.32 Å². The van der Waals surface area contributed by atoms with Crippen LogP contribution in [0.5, 0.6) is 0 Å². The van der Waals surface area contributed by atoms with E-state index in [1.54, 1.807) is 10.7 Å². The summed E-state index contributed by atoms with van der Waals surface area (Å²) >= 11 is 3.18. The van der Waals surface area contributed by atoms with Gasteiger partial charge in [0.05, 0.1) is 17.5 Å². The number of furan rings is 1. The summed E-state index contributed by atoms with van der Waals surface area (Å²) in [4.78, 5) is 11.9. The van der Waals surface area contributed by atoms with Gasteiger partial charge in [0.15, 0.2) is 4.67 Å². The molecular weight excluding hydrogens is 298 g/mol. The summed E-state index contributed by atoms with van der Waals surface area (Å²) in [5.74, 6) is -0.165. The van der Waals surface area contributed by atoms with Crippen molar-refractivity contribution in [3.05, 3.63) is 40.0 Å². The van der Waals surface area contributed by atoms with Gasteiger partial charge in [-0.1, -0.05) is 6.92 Å². The van der Waals surface area contributed by atoms with Crippen molar-refractivity contribution in [1.82, 2.24) is 15.1 Å². The van der Waals surface area contributed by atoms with Gasteiger partial charge in [-0.2, -0.15) is 5.10 Å². The van der Waals surface area contributed by atoms with Crippen molar-refractivity contribution in [2.45, 2.75) is 19.9 Å². The van der Waals surface area contributed by atoms with E-state index in [0.717, 1.165) is 17.7 Å². The van der Waals surface area contributed by atoms with Gasteiger partial charge in [-0.05, 0) is 28.4 Å². The maximum atomic E-state index is 11.9. The molecule has 18 heavy (non-hydrogen) atoms. The smallest absolute Gasteiger partial charge is 0.256 e. The Labute approximate surface area is 113 Å². The summed E-state index contributed by atoms with van der Waals surface area (Å²) < 4.78 is 7.23. The Morgan fingerprint density at radius 3 is 3.00 bits per heavy atom. The summed E-state index contributed by atoms with van der Waals surface area (Å²) in [6.45, 7) is 2.51. The second kappa shape index (κ2) is 5.39. The minimum absolute atomic E-state index is 0.165. The first kappa shape index (κ1) is 12.9. The molecular formula is C12H14BrN3O2. The van der Waals surface area contributed by atoms with Crippen LogP contribution in [0.2, 0.25) is 0 Å². The molecule has 0 bridgehead atoms. The van der Waals surface area contributed by atoms with Crippen LogP contribution in [0.3, 0.4) is 0 Å². The van der Waals surface area contributed by atoms with Gasteiger partial charge in [0.25, 0.3) is 5.91 Å². The van der Waals surface area contributed by atoms with Crippen LogP contribution in [0, 0.1) is 0 Å². The van der Waals surface area contributed by atoms with Crippen molar-refractivity contribution in [3.63, 3.8) is 0 Å². The Bertz CT molecular complexity index is 559. The molecule has 0 aliphatic rings. The molecule has 2 aromatic heterocycles. The van der Waals surface area contributed by atoms with E-state index in [0.29, 0.717) is 16.8 Å². The molecule has 5 nitrogen and oxygen atoms in total. The van der Waals surface area contributed by atoms with Crippen LogP contribution in [-0.4, -0.2) is 15.7 Å². The zero-order valence-corrected chi connectivity index (χ0v) is 11.8. The summed E-state index contributed by atoms with van der Waals surface area (Å²) in [5, 5.41) is 7.17. The zero-order chi connectivity index (χ0) is 13.1. The number of nitrogens with one attached hydrogen (secondary N) is 1. The molecule has 1 amide bonds. The predicted molar refractivity (Wildman–Crippen MR) is 70.2 cm³/mol. The van der Waals surface area contributed by atoms with Gasteiger partial charge >= 0.3 is 0 Å². The third-order valence-corrected chi connectivity index (χ3v) is 3.24. The van der Waals surface area contributed by atoms with Gasteiger partial charge < -0.3 is 9.73 Å². The molecule has 0 atom stereocenters. The fraction of sp³-hybridized carbons (Fsp3) is 0.333. The van der Waals surface area contributed by atoms with Crippen molar-refractivity contribution in [1.29, 1.82) is 0 Å². The molecule has 0 saturated carbocycles. The SMILES string of the molecule is CCc1nn(C)cc1CNC(=O)c1ccoc1Br. The minimum Gasteiger partial charge on any atom is -0.457 e. The second-order valence-electron chi connectivity index (χ2n) is 3.92. The highest BCUT2D eigenvalue weighted by atomic mass is 79.9. The van der Waals surface area contributed by atoms with Crippen LogP contribution in [0.25, 0.3) is 0 Å². The Morgan fingerprint density at radius 1 is 1.61 bits per heavy atom. The number of rotatable bonds is 4. The van der Waals surface area contributed by atoms with Gasteiger partial charge in [-0.15, -0.1) is 0 Å². The number of hydrogen-bond donors (Lipinski definition) is 1. The zero-order valence-electron chi connectivity index (χ0n) is 10.2. The normalized spacial score (nSPS) is 10.6. The third-order valence-electron chi connectivity index (χ3n) is 2.63. The van der Waals surface area contributed by atoms with E-state index in [9.17, 15) is 4.79 Å². The molecule has 2 heterocycles. The summed E-state index contributed by atoms with van der Waals surface area (Å²) in [6, 6.07) is 1.63. The first-order chi connectivity index (χ1) is 8.61. The lowest BCUT2D eigenvalue weighted by Crippen LogP contribution is -2.22. The monoisotopic (exact) mass is 311 g/mol. The maximum absolute atomic E-state index is 11.9. The molecule has 0 aliphatic heterocycles. The molecule has 0 radical (unpaired) electrons. The molecule has 6 heteroatoms. The highest BCUT2D eigenvalue weighted by Crippen LogP contribution is 2.17. The lowest BCUT2D eigenvalue weighted by Gasteiger charge is -2.03. The van der Waals surface area contributed by atoms with Crippen LogP contribution >= 0.6 is 15.9 Å². The molecule has 2 aromatic rings. The van der Waals surface area contributed by atoms with E-state index in [1.165, 1.54) is 6.26 Å². The number of nitrogens with zero attached hydrogens (tertiary/aromatic N) is 2. The molecule has 0 saturated heterocycles. The van der Waals surface area contributed by atoms with E-state index < -0.39 is 0 Å². The standard InChI is InChI=1S/C12H14BrN3O2/c1-3-10-8(7-16(2)15-10)6-14-12(17)9-4-5-18-11(9)13/h4-5,7H,3,6H2,1-2H3,(H,14,17). The van der Waals surface area contributed by atoms with E-state index in [4.69, 9.17) is 4.42 Å². The quantitative estimate of drug-likeness (QED) is 0.942. The number of hydrogen-bond acceptors (Lipinski definition) is 3. The maximum Gasteiger partial charge on any atom is 0.256 e. The Kier molecular flexibility index (Phi) is 3.86. The highest BCUT2D eigenvalue weighted by molar-refractivity contribution is 9.10. The van der Waals surface area contributed by atoms with Crippen molar-refractivity contribution in [2.24, 2.45) is 7.05 Å². The van der Waals surface area contributed by atoms with Crippen LogP contribution in [0.4, 0.5) is 0 Å². The van der Waals surface area contributed by atoms with Crippen LogP contribution in [0.15, 0.2) is 27.6 Å². The summed E-state index contributed by atoms with van der Waals surface area (Å²) in [6.07, 6.45) is 4.24. The van der Waals surface area contributed by atoms with Gasteiger partial charge in [-0.25, -0.2) is 0 Å². The van der Waals surface area contributed by atoms with Gasteiger partial charge in [0.2, 0.25) is 0 Å². The van der Waals surface area contributed by atoms with Crippen molar-refractivity contribution in [3.8, 4) is 0 Å². The van der Waals surface area contributed by atoms with Crippen LogP contribution in [-0.2, 0) is 20.0 Å². The van der Waals surface area contributed by atoms with Gasteiger partial charge in [-0.3, -0.25) is 9.48 Å². The predicted octanol–water partition coefficient (Wildman–Crippen LogP) is 2.27. The molecule has 0 fully saturated rings. The highest BCUT2D eigenvalue weighted by Gasteiger charge is 2.13. The minimum atomic E-state index is -0.165. The van der Waals surface area contributed by atoms with Crippen LogP contribution in [0.1, 0.15) is 28.5 Å². The van der Waals surface area contributed by atoms with Crippen molar-refractivity contribution >= 4 is 21.8 Å². The average molecular weight is 312 g/mol. The fourth-order valence-electron chi connectivity index (χ4n) is 1.76. The van der Waals surface area contributed by atoms with Crippen molar-refractivity contribution < 1.29 is 9.21 Å². The second-order valence-corrected chi connectivity index (χ2v) is 4.64. The van der Waals surface area contributed by atoms with E-state index in [1.807, 2.05) is 20.2 Å². The third kappa shape index (κ3) is 2.64. The lowest BCUT2D eigenvalue weighted by atomic mass is 10.2. The average Bonchev–Trinajstić information content (AvgIpc) is 2.92. The molecule has 0 aliphatic carbocycles. The molecule has 2 rings (SSSR count).